The predicted molar refractivity (Wildman–Crippen MR) is 71.5 cm³/mol. The number of carbonyl (C=O) groups is 2. The fourth-order valence-electron chi connectivity index (χ4n) is 1.63. The van der Waals surface area contributed by atoms with Crippen LogP contribution in [0.5, 0.6) is 5.75 Å². The number of carbonyl (C=O) groups excluding carboxylic acids is 1. The Labute approximate surface area is 116 Å². The molecule has 6 heteroatoms. The van der Waals surface area contributed by atoms with E-state index in [1.165, 1.54) is 18.2 Å². The lowest BCUT2D eigenvalue weighted by atomic mass is 10.1. The van der Waals surface area contributed by atoms with E-state index in [0.717, 1.165) is 0 Å². The standard InChI is InChI=1S/C13H16ClNO4/c1-8(3-2-4-12(17)18)15-13(19)10-6-5-9(14)7-11(10)16/h5-8,16H,2-4H2,1H3,(H,15,19)(H,17,18). The van der Waals surface area contributed by atoms with Gasteiger partial charge in [-0.1, -0.05) is 11.6 Å². The average molecular weight is 286 g/mol. The normalized spacial score (nSPS) is 11.9. The first-order valence-electron chi connectivity index (χ1n) is 5.91. The van der Waals surface area contributed by atoms with Crippen LogP contribution in [0.25, 0.3) is 0 Å². The molecule has 1 unspecified atom stereocenters. The first-order valence-corrected chi connectivity index (χ1v) is 6.29. The Morgan fingerprint density at radius 1 is 1.42 bits per heavy atom. The molecule has 0 radical (unpaired) electrons. The molecule has 1 aromatic carbocycles. The number of aromatic hydroxyl groups is 1. The second-order valence-electron chi connectivity index (χ2n) is 4.32. The lowest BCUT2D eigenvalue weighted by Gasteiger charge is -2.14. The van der Waals surface area contributed by atoms with Crippen LogP contribution in [0.4, 0.5) is 0 Å². The highest BCUT2D eigenvalue weighted by Crippen LogP contribution is 2.21. The van der Waals surface area contributed by atoms with Crippen molar-refractivity contribution in [3.05, 3.63) is 28.8 Å². The molecule has 0 spiro atoms. The third-order valence-electron chi connectivity index (χ3n) is 2.61. The molecule has 104 valence electrons. The highest BCUT2D eigenvalue weighted by molar-refractivity contribution is 6.30. The number of hydrogen-bond donors (Lipinski definition) is 3. The summed E-state index contributed by atoms with van der Waals surface area (Å²) in [5.41, 5.74) is 0.148. The molecule has 0 heterocycles. The molecule has 0 fully saturated rings. The van der Waals surface area contributed by atoms with E-state index in [0.29, 0.717) is 17.9 Å². The van der Waals surface area contributed by atoms with Crippen molar-refractivity contribution >= 4 is 23.5 Å². The molecule has 0 aliphatic rings. The first-order chi connectivity index (χ1) is 8.90. The van der Waals surface area contributed by atoms with E-state index < -0.39 is 11.9 Å². The largest absolute Gasteiger partial charge is 0.507 e. The van der Waals surface area contributed by atoms with Gasteiger partial charge in [-0.05, 0) is 38.0 Å². The van der Waals surface area contributed by atoms with E-state index in [1.807, 2.05) is 0 Å². The Balaban J connectivity index is 2.52. The minimum Gasteiger partial charge on any atom is -0.507 e. The Morgan fingerprint density at radius 3 is 2.68 bits per heavy atom. The van der Waals surface area contributed by atoms with Crippen molar-refractivity contribution in [1.29, 1.82) is 0 Å². The van der Waals surface area contributed by atoms with Crippen molar-refractivity contribution < 1.29 is 19.8 Å². The van der Waals surface area contributed by atoms with Crippen LogP contribution in [0.1, 0.15) is 36.5 Å². The zero-order valence-corrected chi connectivity index (χ0v) is 11.3. The molecule has 19 heavy (non-hydrogen) atoms. The summed E-state index contributed by atoms with van der Waals surface area (Å²) in [6, 6.07) is 4.09. The highest BCUT2D eigenvalue weighted by atomic mass is 35.5. The third kappa shape index (κ3) is 5.18. The zero-order valence-electron chi connectivity index (χ0n) is 10.5. The molecular weight excluding hydrogens is 270 g/mol. The van der Waals surface area contributed by atoms with Crippen LogP contribution < -0.4 is 5.32 Å². The number of rotatable bonds is 6. The molecule has 1 aromatic rings. The van der Waals surface area contributed by atoms with Gasteiger partial charge < -0.3 is 15.5 Å². The van der Waals surface area contributed by atoms with Crippen molar-refractivity contribution in [2.75, 3.05) is 0 Å². The summed E-state index contributed by atoms with van der Waals surface area (Å²) in [6.45, 7) is 1.78. The van der Waals surface area contributed by atoms with Gasteiger partial charge in [0.25, 0.3) is 5.91 Å². The van der Waals surface area contributed by atoms with Crippen LogP contribution in [-0.2, 0) is 4.79 Å². The van der Waals surface area contributed by atoms with Gasteiger partial charge in [-0.3, -0.25) is 9.59 Å². The molecule has 1 atom stereocenters. The molecule has 0 aliphatic heterocycles. The Bertz CT molecular complexity index is 476. The summed E-state index contributed by atoms with van der Waals surface area (Å²) in [5.74, 6) is -1.44. The summed E-state index contributed by atoms with van der Waals surface area (Å²) in [7, 11) is 0. The topological polar surface area (TPSA) is 86.6 Å². The summed E-state index contributed by atoms with van der Waals surface area (Å²) in [5, 5.41) is 21.2. The molecular formula is C13H16ClNO4. The summed E-state index contributed by atoms with van der Waals surface area (Å²) >= 11 is 5.68. The monoisotopic (exact) mass is 285 g/mol. The van der Waals surface area contributed by atoms with Crippen molar-refractivity contribution in [3.63, 3.8) is 0 Å². The van der Waals surface area contributed by atoms with Crippen molar-refractivity contribution in [1.82, 2.24) is 5.32 Å². The summed E-state index contributed by atoms with van der Waals surface area (Å²) in [4.78, 5) is 22.2. The minimum atomic E-state index is -0.853. The molecule has 0 saturated carbocycles. The van der Waals surface area contributed by atoms with Gasteiger partial charge in [0.15, 0.2) is 0 Å². The Hall–Kier alpha value is -1.75. The Morgan fingerprint density at radius 2 is 2.11 bits per heavy atom. The van der Waals surface area contributed by atoms with E-state index >= 15 is 0 Å². The average Bonchev–Trinajstić information content (AvgIpc) is 2.27. The third-order valence-corrected chi connectivity index (χ3v) is 2.84. The quantitative estimate of drug-likeness (QED) is 0.749. The Kier molecular flexibility index (Phi) is 5.63. The lowest BCUT2D eigenvalue weighted by Crippen LogP contribution is -2.32. The van der Waals surface area contributed by atoms with Gasteiger partial charge in [-0.15, -0.1) is 0 Å². The van der Waals surface area contributed by atoms with Crippen LogP contribution >= 0.6 is 11.6 Å². The van der Waals surface area contributed by atoms with Gasteiger partial charge in [-0.2, -0.15) is 0 Å². The minimum absolute atomic E-state index is 0.0758. The SMILES string of the molecule is CC(CCCC(=O)O)NC(=O)c1ccc(Cl)cc1O. The molecule has 5 nitrogen and oxygen atoms in total. The van der Waals surface area contributed by atoms with Gasteiger partial charge >= 0.3 is 5.97 Å². The van der Waals surface area contributed by atoms with Gasteiger partial charge in [-0.25, -0.2) is 0 Å². The maximum atomic E-state index is 11.9. The molecule has 1 amide bonds. The van der Waals surface area contributed by atoms with Crippen LogP contribution in [0.15, 0.2) is 18.2 Å². The van der Waals surface area contributed by atoms with E-state index in [1.54, 1.807) is 6.92 Å². The number of aliphatic carboxylic acids is 1. The second-order valence-corrected chi connectivity index (χ2v) is 4.76. The van der Waals surface area contributed by atoms with Crippen LogP contribution in [-0.4, -0.2) is 28.1 Å². The van der Waals surface area contributed by atoms with E-state index in [2.05, 4.69) is 5.32 Å². The van der Waals surface area contributed by atoms with E-state index in [9.17, 15) is 14.7 Å². The number of carboxylic acids is 1. The van der Waals surface area contributed by atoms with Crippen molar-refractivity contribution in [2.24, 2.45) is 0 Å². The lowest BCUT2D eigenvalue weighted by molar-refractivity contribution is -0.137. The molecule has 0 bridgehead atoms. The zero-order chi connectivity index (χ0) is 14.4. The van der Waals surface area contributed by atoms with Crippen molar-refractivity contribution in [2.45, 2.75) is 32.2 Å². The molecule has 3 N–H and O–H groups in total. The molecule has 0 aliphatic carbocycles. The fourth-order valence-corrected chi connectivity index (χ4v) is 1.80. The van der Waals surface area contributed by atoms with Crippen LogP contribution in [0.2, 0.25) is 5.02 Å². The number of benzene rings is 1. The van der Waals surface area contributed by atoms with Gasteiger partial charge in [0, 0.05) is 17.5 Å². The number of phenolic OH excluding ortho intramolecular Hbond substituents is 1. The number of halogens is 1. The number of nitrogens with one attached hydrogen (secondary N) is 1. The van der Waals surface area contributed by atoms with Gasteiger partial charge in [0.1, 0.15) is 5.75 Å². The highest BCUT2D eigenvalue weighted by Gasteiger charge is 2.14. The van der Waals surface area contributed by atoms with Gasteiger partial charge in [0.2, 0.25) is 0 Å². The smallest absolute Gasteiger partial charge is 0.303 e. The first kappa shape index (κ1) is 15.3. The number of hydrogen-bond acceptors (Lipinski definition) is 3. The number of amides is 1. The van der Waals surface area contributed by atoms with Crippen molar-refractivity contribution in [3.8, 4) is 5.75 Å². The number of phenols is 1. The molecule has 0 aromatic heterocycles. The predicted octanol–water partition coefficient (Wildman–Crippen LogP) is 2.42. The maximum absolute atomic E-state index is 11.9. The second kappa shape index (κ2) is 6.99. The fraction of sp³-hybridized carbons (Fsp3) is 0.385. The molecule has 1 rings (SSSR count). The van der Waals surface area contributed by atoms with Crippen LogP contribution in [0, 0.1) is 0 Å². The maximum Gasteiger partial charge on any atom is 0.303 e. The summed E-state index contributed by atoms with van der Waals surface area (Å²) < 4.78 is 0. The number of carboxylic acid groups (broad SMARTS) is 1. The summed E-state index contributed by atoms with van der Waals surface area (Å²) in [6.07, 6.45) is 1.13. The van der Waals surface area contributed by atoms with E-state index in [4.69, 9.17) is 16.7 Å². The van der Waals surface area contributed by atoms with E-state index in [-0.39, 0.29) is 23.8 Å². The molecule has 0 saturated heterocycles. The van der Waals surface area contributed by atoms with Crippen LogP contribution in [0.3, 0.4) is 0 Å². The van der Waals surface area contributed by atoms with Gasteiger partial charge in [0.05, 0.1) is 5.56 Å².